The second kappa shape index (κ2) is 5.89. The van der Waals surface area contributed by atoms with Crippen molar-refractivity contribution in [1.29, 1.82) is 0 Å². The topological polar surface area (TPSA) is 9.23 Å². The van der Waals surface area contributed by atoms with E-state index in [1.54, 1.807) is 11.3 Å². The number of benzene rings is 1. The third-order valence-electron chi connectivity index (χ3n) is 2.31. The van der Waals surface area contributed by atoms with E-state index in [1.165, 1.54) is 5.56 Å². The van der Waals surface area contributed by atoms with Crippen molar-refractivity contribution in [3.05, 3.63) is 59.5 Å². The van der Waals surface area contributed by atoms with Gasteiger partial charge in [-0.1, -0.05) is 18.2 Å². The van der Waals surface area contributed by atoms with E-state index >= 15 is 0 Å². The van der Waals surface area contributed by atoms with E-state index in [9.17, 15) is 0 Å². The smallest absolute Gasteiger partial charge is 0.181 e. The number of hydrogen-bond acceptors (Lipinski definition) is 2. The van der Waals surface area contributed by atoms with Crippen LogP contribution < -0.4 is 4.74 Å². The Labute approximate surface area is 110 Å². The number of hydrogen-bond donors (Lipinski definition) is 0. The quantitative estimate of drug-likeness (QED) is 0.545. The van der Waals surface area contributed by atoms with Crippen molar-refractivity contribution in [1.82, 2.24) is 0 Å². The summed E-state index contributed by atoms with van der Waals surface area (Å²) in [6.07, 6.45) is 2.77. The molecule has 0 aliphatic carbocycles. The monoisotopic (exact) mass is 264 g/mol. The van der Waals surface area contributed by atoms with Crippen LogP contribution >= 0.6 is 22.9 Å². The van der Waals surface area contributed by atoms with Gasteiger partial charge >= 0.3 is 0 Å². The zero-order chi connectivity index (χ0) is 12.1. The minimum Gasteiger partial charge on any atom is -0.447 e. The van der Waals surface area contributed by atoms with E-state index in [-0.39, 0.29) is 0 Å². The average Bonchev–Trinajstić information content (AvgIpc) is 2.78. The second-order valence-electron chi connectivity index (χ2n) is 3.65. The lowest BCUT2D eigenvalue weighted by molar-refractivity contribution is 0.496. The molecule has 88 valence electrons. The van der Waals surface area contributed by atoms with Gasteiger partial charge in [0.2, 0.25) is 0 Å². The maximum Gasteiger partial charge on any atom is 0.181 e. The van der Waals surface area contributed by atoms with Gasteiger partial charge in [-0.3, -0.25) is 0 Å². The fourth-order valence-electron chi connectivity index (χ4n) is 1.44. The third-order valence-corrected chi connectivity index (χ3v) is 3.47. The van der Waals surface area contributed by atoms with Crippen LogP contribution in [0.4, 0.5) is 0 Å². The average molecular weight is 265 g/mol. The van der Waals surface area contributed by atoms with Crippen LogP contribution in [0.3, 0.4) is 0 Å². The molecular formula is C14H13ClOS. The highest BCUT2D eigenvalue weighted by molar-refractivity contribution is 7.12. The number of ether oxygens (including phenoxy) is 1. The maximum absolute atomic E-state index is 5.75. The van der Waals surface area contributed by atoms with Crippen LogP contribution in [-0.4, -0.2) is 0 Å². The van der Waals surface area contributed by atoms with Crippen LogP contribution in [-0.2, 0) is 12.3 Å². The molecule has 0 saturated carbocycles. The molecule has 1 aromatic heterocycles. The van der Waals surface area contributed by atoms with Crippen molar-refractivity contribution < 1.29 is 4.74 Å². The highest BCUT2D eigenvalue weighted by Gasteiger charge is 2.01. The van der Waals surface area contributed by atoms with Crippen LogP contribution in [0, 0.1) is 0 Å². The van der Waals surface area contributed by atoms with Crippen LogP contribution in [0.25, 0.3) is 0 Å². The van der Waals surface area contributed by atoms with Gasteiger partial charge in [0.15, 0.2) is 5.06 Å². The Bertz CT molecular complexity index is 487. The molecule has 3 heteroatoms. The molecule has 0 saturated heterocycles. The number of thiophene rings is 1. The number of rotatable bonds is 5. The van der Waals surface area contributed by atoms with Crippen LogP contribution in [0.1, 0.15) is 11.1 Å². The summed E-state index contributed by atoms with van der Waals surface area (Å²) < 4.78 is 5.75. The minimum absolute atomic E-state index is 0.531. The molecule has 2 aromatic rings. The first-order valence-corrected chi connectivity index (χ1v) is 6.74. The Morgan fingerprint density at radius 3 is 2.65 bits per heavy atom. The first kappa shape index (κ1) is 12.2. The molecule has 0 N–H and O–H groups in total. The lowest BCUT2D eigenvalue weighted by atomic mass is 10.2. The number of alkyl halides is 1. The number of allylic oxidation sites excluding steroid dienone is 1. The van der Waals surface area contributed by atoms with E-state index in [1.807, 2.05) is 36.4 Å². The Kier molecular flexibility index (Phi) is 4.24. The number of halogens is 1. The molecule has 0 aliphatic rings. The van der Waals surface area contributed by atoms with Crippen molar-refractivity contribution in [2.75, 3.05) is 0 Å². The van der Waals surface area contributed by atoms with Crippen LogP contribution in [0.5, 0.6) is 10.8 Å². The molecule has 0 radical (unpaired) electrons. The van der Waals surface area contributed by atoms with Crippen molar-refractivity contribution in [2.45, 2.75) is 12.3 Å². The minimum atomic E-state index is 0.531. The first-order chi connectivity index (χ1) is 8.31. The third kappa shape index (κ3) is 3.35. The molecule has 0 spiro atoms. The Hall–Kier alpha value is -1.25. The van der Waals surface area contributed by atoms with Gasteiger partial charge in [-0.15, -0.1) is 29.5 Å². The Morgan fingerprint density at radius 1 is 1.24 bits per heavy atom. The van der Waals surface area contributed by atoms with Crippen molar-refractivity contribution in [3.63, 3.8) is 0 Å². The molecule has 0 atom stereocenters. The van der Waals surface area contributed by atoms with Crippen molar-refractivity contribution >= 4 is 22.9 Å². The van der Waals surface area contributed by atoms with Gasteiger partial charge in [0.25, 0.3) is 0 Å². The van der Waals surface area contributed by atoms with E-state index in [0.717, 1.165) is 22.8 Å². The summed E-state index contributed by atoms with van der Waals surface area (Å²) in [6, 6.07) is 9.86. The van der Waals surface area contributed by atoms with E-state index in [4.69, 9.17) is 16.3 Å². The van der Waals surface area contributed by atoms with E-state index < -0.39 is 0 Å². The normalized spacial score (nSPS) is 10.2. The molecular weight excluding hydrogens is 252 g/mol. The van der Waals surface area contributed by atoms with Gasteiger partial charge in [-0.05, 0) is 41.1 Å². The molecule has 0 aliphatic heterocycles. The second-order valence-corrected chi connectivity index (χ2v) is 4.79. The SMILES string of the molecule is C=CCc1csc(Oc2ccc(CCl)cc2)c1. The lowest BCUT2D eigenvalue weighted by Gasteiger charge is -2.02. The lowest BCUT2D eigenvalue weighted by Crippen LogP contribution is -1.82. The largest absolute Gasteiger partial charge is 0.447 e. The standard InChI is InChI=1S/C14H13ClOS/c1-2-3-12-8-14(17-10-12)16-13-6-4-11(9-15)5-7-13/h2,4-8,10H,1,3,9H2. The van der Waals surface area contributed by atoms with Gasteiger partial charge in [0.05, 0.1) is 0 Å². The molecule has 0 amide bonds. The molecule has 17 heavy (non-hydrogen) atoms. The highest BCUT2D eigenvalue weighted by Crippen LogP contribution is 2.29. The van der Waals surface area contributed by atoms with Crippen LogP contribution in [0.2, 0.25) is 0 Å². The van der Waals surface area contributed by atoms with Crippen LogP contribution in [0.15, 0.2) is 48.4 Å². The summed E-state index contributed by atoms with van der Waals surface area (Å²) in [5.74, 6) is 1.37. The Balaban J connectivity index is 2.05. The van der Waals surface area contributed by atoms with E-state index in [0.29, 0.717) is 5.88 Å². The molecule has 0 bridgehead atoms. The molecule has 2 rings (SSSR count). The summed E-state index contributed by atoms with van der Waals surface area (Å²) in [5, 5.41) is 2.99. The van der Waals surface area contributed by atoms with E-state index in [2.05, 4.69) is 12.0 Å². The maximum atomic E-state index is 5.75. The molecule has 0 fully saturated rings. The molecule has 1 aromatic carbocycles. The molecule has 1 heterocycles. The Morgan fingerprint density at radius 2 is 2.00 bits per heavy atom. The van der Waals surface area contributed by atoms with Crippen molar-refractivity contribution in [2.24, 2.45) is 0 Å². The summed E-state index contributed by atoms with van der Waals surface area (Å²) in [7, 11) is 0. The van der Waals surface area contributed by atoms with Gasteiger partial charge in [0.1, 0.15) is 5.75 Å². The summed E-state index contributed by atoms with van der Waals surface area (Å²) in [6.45, 7) is 3.72. The highest BCUT2D eigenvalue weighted by atomic mass is 35.5. The fourth-order valence-corrected chi connectivity index (χ4v) is 2.42. The molecule has 1 nitrogen and oxygen atoms in total. The predicted molar refractivity (Wildman–Crippen MR) is 74.3 cm³/mol. The van der Waals surface area contributed by atoms with Gasteiger partial charge in [-0.2, -0.15) is 0 Å². The first-order valence-electron chi connectivity index (χ1n) is 5.33. The predicted octanol–water partition coefficient (Wildman–Crippen LogP) is 5.01. The summed E-state index contributed by atoms with van der Waals surface area (Å²) >= 11 is 7.33. The fraction of sp³-hybridized carbons (Fsp3) is 0.143. The van der Waals surface area contributed by atoms with Gasteiger partial charge in [-0.25, -0.2) is 0 Å². The van der Waals surface area contributed by atoms with Crippen molar-refractivity contribution in [3.8, 4) is 10.8 Å². The zero-order valence-electron chi connectivity index (χ0n) is 9.36. The molecule has 0 unspecified atom stereocenters. The summed E-state index contributed by atoms with van der Waals surface area (Å²) in [4.78, 5) is 0. The van der Waals surface area contributed by atoms with Gasteiger partial charge in [0, 0.05) is 5.88 Å². The summed E-state index contributed by atoms with van der Waals surface area (Å²) in [5.41, 5.74) is 2.33. The zero-order valence-corrected chi connectivity index (χ0v) is 10.9. The van der Waals surface area contributed by atoms with Gasteiger partial charge < -0.3 is 4.74 Å².